The predicted octanol–water partition coefficient (Wildman–Crippen LogP) is 6.92. The second-order valence-electron chi connectivity index (χ2n) is 11.4. The van der Waals surface area contributed by atoms with Gasteiger partial charge in [0.1, 0.15) is 0 Å². The van der Waals surface area contributed by atoms with Gasteiger partial charge in [0, 0.05) is 6.61 Å². The fourth-order valence-corrected chi connectivity index (χ4v) is 9.54. The van der Waals surface area contributed by atoms with E-state index in [4.69, 9.17) is 8.85 Å². The molecule has 0 heterocycles. The van der Waals surface area contributed by atoms with Crippen molar-refractivity contribution in [3.63, 3.8) is 0 Å². The molecule has 2 nitrogen and oxygen atoms in total. The van der Waals surface area contributed by atoms with Gasteiger partial charge in [-0.05, 0) is 46.9 Å². The zero-order valence-electron chi connectivity index (χ0n) is 21.8. The quantitative estimate of drug-likeness (QED) is 0.226. The SMILES string of the molecule is CC(=CCCO[Si](C)(C)C(C)(C)C)CO[Si](c1ccccc1)(c1ccccc1)C(C)(C)C. The minimum Gasteiger partial charge on any atom is -0.417 e. The van der Waals surface area contributed by atoms with Crippen LogP contribution in [0.5, 0.6) is 0 Å². The maximum atomic E-state index is 7.02. The first-order valence-electron chi connectivity index (χ1n) is 11.9. The molecule has 0 unspecified atom stereocenters. The number of benzene rings is 2. The highest BCUT2D eigenvalue weighted by molar-refractivity contribution is 6.99. The van der Waals surface area contributed by atoms with Crippen LogP contribution in [-0.2, 0) is 8.85 Å². The summed E-state index contributed by atoms with van der Waals surface area (Å²) in [6.07, 6.45) is 3.23. The van der Waals surface area contributed by atoms with Crippen LogP contribution in [0.4, 0.5) is 0 Å². The van der Waals surface area contributed by atoms with E-state index in [0.29, 0.717) is 6.61 Å². The van der Waals surface area contributed by atoms with Crippen LogP contribution in [0.3, 0.4) is 0 Å². The molecular weight excluding hydrogens is 424 g/mol. The fraction of sp³-hybridized carbons (Fsp3) is 0.500. The minimum absolute atomic E-state index is 0.00142. The van der Waals surface area contributed by atoms with E-state index in [1.54, 1.807) is 0 Å². The summed E-state index contributed by atoms with van der Waals surface area (Å²) in [5.74, 6) is 0. The minimum atomic E-state index is -2.48. The first kappa shape index (κ1) is 26.8. The smallest absolute Gasteiger partial charge is 0.261 e. The molecule has 0 saturated heterocycles. The van der Waals surface area contributed by atoms with Crippen LogP contribution in [0.1, 0.15) is 54.9 Å². The van der Waals surface area contributed by atoms with Gasteiger partial charge in [0.25, 0.3) is 8.32 Å². The van der Waals surface area contributed by atoms with Crippen molar-refractivity contribution in [2.45, 2.75) is 78.1 Å². The van der Waals surface area contributed by atoms with Crippen LogP contribution in [0.25, 0.3) is 0 Å². The molecule has 0 aliphatic rings. The second kappa shape index (κ2) is 10.6. The maximum absolute atomic E-state index is 7.02. The fourth-order valence-electron chi connectivity index (χ4n) is 3.88. The topological polar surface area (TPSA) is 18.5 Å². The van der Waals surface area contributed by atoms with Crippen LogP contribution < -0.4 is 10.4 Å². The molecule has 0 fully saturated rings. The van der Waals surface area contributed by atoms with Gasteiger partial charge in [-0.25, -0.2) is 0 Å². The predicted molar refractivity (Wildman–Crippen MR) is 145 cm³/mol. The summed E-state index contributed by atoms with van der Waals surface area (Å²) in [5.41, 5.74) is 1.27. The van der Waals surface area contributed by atoms with Crippen molar-refractivity contribution in [1.29, 1.82) is 0 Å². The Morgan fingerprint density at radius 3 is 1.62 bits per heavy atom. The average molecular weight is 469 g/mol. The Bertz CT molecular complexity index is 820. The van der Waals surface area contributed by atoms with E-state index in [2.05, 4.69) is 128 Å². The van der Waals surface area contributed by atoms with Gasteiger partial charge in [-0.15, -0.1) is 0 Å². The largest absolute Gasteiger partial charge is 0.417 e. The number of rotatable bonds is 9. The molecule has 0 spiro atoms. The van der Waals surface area contributed by atoms with Crippen LogP contribution >= 0.6 is 0 Å². The van der Waals surface area contributed by atoms with Gasteiger partial charge in [-0.2, -0.15) is 0 Å². The molecular formula is C28H44O2Si2. The summed E-state index contributed by atoms with van der Waals surface area (Å²) in [6, 6.07) is 21.7. The van der Waals surface area contributed by atoms with E-state index >= 15 is 0 Å². The lowest BCUT2D eigenvalue weighted by Crippen LogP contribution is -2.66. The third-order valence-electron chi connectivity index (χ3n) is 6.81. The first-order valence-corrected chi connectivity index (χ1v) is 16.7. The molecule has 2 aromatic carbocycles. The Kier molecular flexibility index (Phi) is 8.91. The van der Waals surface area contributed by atoms with E-state index in [1.807, 2.05) is 0 Å². The van der Waals surface area contributed by atoms with Crippen LogP contribution in [0.15, 0.2) is 72.3 Å². The lowest BCUT2D eigenvalue weighted by molar-refractivity contribution is 0.293. The third-order valence-corrected chi connectivity index (χ3v) is 16.3. The zero-order valence-corrected chi connectivity index (χ0v) is 23.8. The Morgan fingerprint density at radius 2 is 1.22 bits per heavy atom. The molecule has 0 amide bonds. The molecule has 32 heavy (non-hydrogen) atoms. The first-order chi connectivity index (χ1) is 14.8. The lowest BCUT2D eigenvalue weighted by Gasteiger charge is -2.43. The van der Waals surface area contributed by atoms with Gasteiger partial charge in [0.05, 0.1) is 6.61 Å². The Morgan fingerprint density at radius 1 is 0.750 bits per heavy atom. The summed E-state index contributed by atoms with van der Waals surface area (Å²) in [7, 11) is -4.17. The van der Waals surface area contributed by atoms with E-state index in [1.165, 1.54) is 15.9 Å². The number of hydrogen-bond donors (Lipinski definition) is 0. The molecule has 0 bridgehead atoms. The molecule has 2 aromatic rings. The molecule has 0 aliphatic carbocycles. The molecule has 4 heteroatoms. The van der Waals surface area contributed by atoms with E-state index in [-0.39, 0.29) is 10.1 Å². The standard InChI is InChI=1S/C28H44O2Si2/c1-24(17-16-22-29-31(8,9)27(2,3)4)23-30-32(28(5,6)7,25-18-12-10-13-19-25)26-20-14-11-15-21-26/h10-15,17-21H,16,22-23H2,1-9H3. The van der Waals surface area contributed by atoms with Gasteiger partial charge in [0.2, 0.25) is 0 Å². The molecule has 0 saturated carbocycles. The summed E-state index contributed by atoms with van der Waals surface area (Å²) >= 11 is 0. The zero-order chi connectivity index (χ0) is 24.0. The summed E-state index contributed by atoms with van der Waals surface area (Å²) in [4.78, 5) is 0. The van der Waals surface area contributed by atoms with Crippen molar-refractivity contribution in [2.24, 2.45) is 0 Å². The summed E-state index contributed by atoms with van der Waals surface area (Å²) in [5, 5.41) is 2.90. The van der Waals surface area contributed by atoms with Crippen molar-refractivity contribution in [3.05, 3.63) is 72.3 Å². The van der Waals surface area contributed by atoms with Crippen LogP contribution in [-0.4, -0.2) is 29.8 Å². The third kappa shape index (κ3) is 6.31. The molecule has 0 N–H and O–H groups in total. The van der Waals surface area contributed by atoms with Crippen molar-refractivity contribution >= 4 is 27.0 Å². The highest BCUT2D eigenvalue weighted by atomic mass is 28.4. The van der Waals surface area contributed by atoms with Crippen LogP contribution in [0, 0.1) is 0 Å². The van der Waals surface area contributed by atoms with E-state index in [9.17, 15) is 0 Å². The highest BCUT2D eigenvalue weighted by Gasteiger charge is 2.50. The van der Waals surface area contributed by atoms with Crippen molar-refractivity contribution < 1.29 is 8.85 Å². The monoisotopic (exact) mass is 468 g/mol. The van der Waals surface area contributed by atoms with Crippen molar-refractivity contribution in [2.75, 3.05) is 13.2 Å². The number of hydrogen-bond acceptors (Lipinski definition) is 2. The molecule has 0 aromatic heterocycles. The summed E-state index contributed by atoms with van der Waals surface area (Å²) in [6.45, 7) is 22.1. The molecule has 0 radical (unpaired) electrons. The van der Waals surface area contributed by atoms with E-state index < -0.39 is 16.6 Å². The Balaban J connectivity index is 2.22. The van der Waals surface area contributed by atoms with Crippen LogP contribution in [0.2, 0.25) is 23.2 Å². The maximum Gasteiger partial charge on any atom is 0.261 e. The van der Waals surface area contributed by atoms with Gasteiger partial charge in [-0.3, -0.25) is 0 Å². The van der Waals surface area contributed by atoms with E-state index in [0.717, 1.165) is 13.0 Å². The van der Waals surface area contributed by atoms with Gasteiger partial charge < -0.3 is 8.85 Å². The normalized spacial score (nSPS) is 14.0. The molecule has 176 valence electrons. The van der Waals surface area contributed by atoms with Gasteiger partial charge in [-0.1, -0.05) is 114 Å². The Hall–Kier alpha value is -1.47. The lowest BCUT2D eigenvalue weighted by atomic mass is 10.2. The summed E-state index contributed by atoms with van der Waals surface area (Å²) < 4.78 is 13.4. The molecule has 0 aliphatic heterocycles. The van der Waals surface area contributed by atoms with Gasteiger partial charge in [0.15, 0.2) is 8.32 Å². The average Bonchev–Trinajstić information content (AvgIpc) is 2.71. The van der Waals surface area contributed by atoms with Gasteiger partial charge >= 0.3 is 0 Å². The van der Waals surface area contributed by atoms with Crippen molar-refractivity contribution in [1.82, 2.24) is 0 Å². The highest BCUT2D eigenvalue weighted by Crippen LogP contribution is 2.37. The molecule has 2 rings (SSSR count). The molecule has 0 atom stereocenters. The Labute approximate surface area is 199 Å². The second-order valence-corrected chi connectivity index (χ2v) is 20.5. The van der Waals surface area contributed by atoms with Crippen molar-refractivity contribution in [3.8, 4) is 0 Å².